The zero-order valence-electron chi connectivity index (χ0n) is 7.88. The van der Waals surface area contributed by atoms with Crippen LogP contribution in [-0.4, -0.2) is 36.6 Å². The predicted molar refractivity (Wildman–Crippen MR) is 57.2 cm³/mol. The highest BCUT2D eigenvalue weighted by atomic mass is 32.2. The minimum Gasteiger partial charge on any atom is -0.481 e. The Morgan fingerprint density at radius 2 is 2.40 bits per heavy atom. The fraction of sp³-hybridized carbons (Fsp3) is 0.429. The summed E-state index contributed by atoms with van der Waals surface area (Å²) in [6, 6.07) is 0. The van der Waals surface area contributed by atoms with Gasteiger partial charge < -0.3 is 5.11 Å². The molecule has 0 aliphatic heterocycles. The molecule has 0 aromatic carbocycles. The molecule has 0 saturated heterocycles. The second-order valence-electron chi connectivity index (χ2n) is 2.82. The summed E-state index contributed by atoms with van der Waals surface area (Å²) in [5.74, 6) is 0.633. The summed E-state index contributed by atoms with van der Waals surface area (Å²) in [5.41, 5.74) is 0. The van der Waals surface area contributed by atoms with E-state index in [1.165, 1.54) is 23.1 Å². The lowest BCUT2D eigenvalue weighted by atomic mass is 10.7. The van der Waals surface area contributed by atoms with Crippen LogP contribution < -0.4 is 0 Å². The molecule has 0 unspecified atom stereocenters. The van der Waals surface area contributed by atoms with Crippen LogP contribution in [0.1, 0.15) is 10.8 Å². The summed E-state index contributed by atoms with van der Waals surface area (Å²) in [6.07, 6.45) is 0. The number of rotatable bonds is 4. The van der Waals surface area contributed by atoms with Crippen LogP contribution in [0.3, 0.4) is 0 Å². The standard InChI is InChI=1S/C7H8N4O2S2/c1-4-8-9-7-11(4)10-5(15-7)2-14-3-6(12)13/h2-3H2,1H3,(H,12,13). The van der Waals surface area contributed by atoms with Crippen LogP contribution in [0.25, 0.3) is 4.96 Å². The Balaban J connectivity index is 2.05. The molecule has 8 heteroatoms. The van der Waals surface area contributed by atoms with Gasteiger partial charge in [-0.1, -0.05) is 11.3 Å². The van der Waals surface area contributed by atoms with Crippen molar-refractivity contribution in [3.05, 3.63) is 10.8 Å². The van der Waals surface area contributed by atoms with Crippen molar-refractivity contribution in [2.45, 2.75) is 12.7 Å². The molecule has 0 amide bonds. The van der Waals surface area contributed by atoms with E-state index >= 15 is 0 Å². The monoisotopic (exact) mass is 244 g/mol. The Morgan fingerprint density at radius 1 is 1.60 bits per heavy atom. The summed E-state index contributed by atoms with van der Waals surface area (Å²) in [5, 5.41) is 21.4. The molecule has 2 rings (SSSR count). The van der Waals surface area contributed by atoms with E-state index in [4.69, 9.17) is 5.11 Å². The maximum atomic E-state index is 10.3. The minimum atomic E-state index is -0.806. The van der Waals surface area contributed by atoms with Crippen LogP contribution >= 0.6 is 23.1 Å². The van der Waals surface area contributed by atoms with Crippen molar-refractivity contribution < 1.29 is 9.90 Å². The fourth-order valence-corrected chi connectivity index (χ4v) is 2.71. The minimum absolute atomic E-state index is 0.0964. The molecule has 0 aliphatic rings. The number of aryl methyl sites for hydroxylation is 1. The summed E-state index contributed by atoms with van der Waals surface area (Å²) in [6.45, 7) is 1.83. The van der Waals surface area contributed by atoms with Gasteiger partial charge >= 0.3 is 5.97 Å². The van der Waals surface area contributed by atoms with Crippen molar-refractivity contribution in [1.82, 2.24) is 19.8 Å². The zero-order valence-corrected chi connectivity index (χ0v) is 9.51. The van der Waals surface area contributed by atoms with Crippen molar-refractivity contribution in [3.8, 4) is 0 Å². The Hall–Kier alpha value is -1.15. The van der Waals surface area contributed by atoms with E-state index in [0.29, 0.717) is 5.75 Å². The first-order valence-corrected chi connectivity index (χ1v) is 6.11. The third-order valence-electron chi connectivity index (χ3n) is 1.64. The van der Waals surface area contributed by atoms with Gasteiger partial charge in [0.2, 0.25) is 4.96 Å². The van der Waals surface area contributed by atoms with Crippen molar-refractivity contribution in [1.29, 1.82) is 0 Å². The average Bonchev–Trinajstić information content (AvgIpc) is 2.69. The maximum absolute atomic E-state index is 10.3. The molecule has 0 fully saturated rings. The van der Waals surface area contributed by atoms with Crippen LogP contribution in [0.15, 0.2) is 0 Å². The molecule has 2 aromatic heterocycles. The van der Waals surface area contributed by atoms with Gasteiger partial charge in [0.05, 0.1) is 5.75 Å². The van der Waals surface area contributed by atoms with E-state index in [9.17, 15) is 4.79 Å². The highest BCUT2D eigenvalue weighted by molar-refractivity contribution is 7.99. The highest BCUT2D eigenvalue weighted by Crippen LogP contribution is 2.18. The summed E-state index contributed by atoms with van der Waals surface area (Å²) in [7, 11) is 0. The molecule has 6 nitrogen and oxygen atoms in total. The number of fused-ring (bicyclic) bond motifs is 1. The van der Waals surface area contributed by atoms with Crippen molar-refractivity contribution in [3.63, 3.8) is 0 Å². The van der Waals surface area contributed by atoms with Gasteiger partial charge in [0.15, 0.2) is 5.82 Å². The Morgan fingerprint density at radius 3 is 3.07 bits per heavy atom. The van der Waals surface area contributed by atoms with E-state index in [2.05, 4.69) is 15.3 Å². The summed E-state index contributed by atoms with van der Waals surface area (Å²) < 4.78 is 1.67. The first-order chi connectivity index (χ1) is 7.16. The molecule has 0 bridgehead atoms. The quantitative estimate of drug-likeness (QED) is 0.857. The molecule has 80 valence electrons. The summed E-state index contributed by atoms with van der Waals surface area (Å²) >= 11 is 2.76. The smallest absolute Gasteiger partial charge is 0.313 e. The largest absolute Gasteiger partial charge is 0.481 e. The molecule has 0 spiro atoms. The van der Waals surface area contributed by atoms with E-state index in [-0.39, 0.29) is 5.75 Å². The molecule has 0 aliphatic carbocycles. The number of nitrogens with zero attached hydrogens (tertiary/aromatic N) is 4. The fourth-order valence-electron chi connectivity index (χ4n) is 1.04. The lowest BCUT2D eigenvalue weighted by Gasteiger charge is -1.92. The van der Waals surface area contributed by atoms with Crippen LogP contribution in [0, 0.1) is 6.92 Å². The second-order valence-corrected chi connectivity index (χ2v) is 4.85. The van der Waals surface area contributed by atoms with Crippen LogP contribution in [0.4, 0.5) is 0 Å². The van der Waals surface area contributed by atoms with Gasteiger partial charge in [0.1, 0.15) is 5.01 Å². The SMILES string of the molecule is Cc1nnc2sc(CSCC(=O)O)nn12. The normalized spacial score (nSPS) is 11.0. The lowest BCUT2D eigenvalue weighted by Crippen LogP contribution is -1.98. The van der Waals surface area contributed by atoms with Gasteiger partial charge in [-0.25, -0.2) is 0 Å². The van der Waals surface area contributed by atoms with E-state index < -0.39 is 5.97 Å². The molecule has 0 saturated carbocycles. The molecule has 1 N–H and O–H groups in total. The number of aromatic nitrogens is 4. The Kier molecular flexibility index (Phi) is 2.87. The first kappa shape index (κ1) is 10.4. The second kappa shape index (κ2) is 4.15. The zero-order chi connectivity index (χ0) is 10.8. The predicted octanol–water partition coefficient (Wildman–Crippen LogP) is 0.812. The number of carboxylic acid groups (broad SMARTS) is 1. The average molecular weight is 244 g/mol. The van der Waals surface area contributed by atoms with E-state index in [0.717, 1.165) is 15.8 Å². The van der Waals surface area contributed by atoms with Gasteiger partial charge in [-0.05, 0) is 6.92 Å². The van der Waals surface area contributed by atoms with Crippen LogP contribution in [0.5, 0.6) is 0 Å². The van der Waals surface area contributed by atoms with Crippen LogP contribution in [0.2, 0.25) is 0 Å². The van der Waals surface area contributed by atoms with Gasteiger partial charge in [-0.2, -0.15) is 9.61 Å². The number of carbonyl (C=O) groups is 1. The third kappa shape index (κ3) is 2.26. The highest BCUT2D eigenvalue weighted by Gasteiger charge is 2.08. The molecule has 0 radical (unpaired) electrons. The summed E-state index contributed by atoms with van der Waals surface area (Å²) in [4.78, 5) is 11.0. The first-order valence-electron chi connectivity index (χ1n) is 4.14. The molecular weight excluding hydrogens is 236 g/mol. The van der Waals surface area contributed by atoms with Crippen molar-refractivity contribution >= 4 is 34.0 Å². The molecule has 0 atom stereocenters. The van der Waals surface area contributed by atoms with Crippen LogP contribution in [-0.2, 0) is 10.5 Å². The molecular formula is C7H8N4O2S2. The number of carboxylic acids is 1. The lowest BCUT2D eigenvalue weighted by molar-refractivity contribution is -0.133. The number of hydrogen-bond donors (Lipinski definition) is 1. The van der Waals surface area contributed by atoms with E-state index in [1.54, 1.807) is 4.52 Å². The van der Waals surface area contributed by atoms with Gasteiger partial charge in [0, 0.05) is 5.75 Å². The number of hydrogen-bond acceptors (Lipinski definition) is 6. The number of aliphatic carboxylic acids is 1. The van der Waals surface area contributed by atoms with Gasteiger partial charge in [-0.15, -0.1) is 22.0 Å². The Bertz CT molecular complexity index is 492. The molecule has 2 heterocycles. The van der Waals surface area contributed by atoms with Crippen molar-refractivity contribution in [2.75, 3.05) is 5.75 Å². The van der Waals surface area contributed by atoms with Gasteiger partial charge in [0.25, 0.3) is 0 Å². The number of thioether (sulfide) groups is 1. The molecule has 2 aromatic rings. The maximum Gasteiger partial charge on any atom is 0.313 e. The van der Waals surface area contributed by atoms with E-state index in [1.807, 2.05) is 6.92 Å². The van der Waals surface area contributed by atoms with Crippen molar-refractivity contribution in [2.24, 2.45) is 0 Å². The topological polar surface area (TPSA) is 80.4 Å². The third-order valence-corrected chi connectivity index (χ3v) is 3.65. The Labute approximate surface area is 93.3 Å². The van der Waals surface area contributed by atoms with Gasteiger partial charge in [-0.3, -0.25) is 4.79 Å². The molecule has 15 heavy (non-hydrogen) atoms.